The molecule has 1 aliphatic rings. The van der Waals surface area contributed by atoms with Crippen molar-refractivity contribution in [2.75, 3.05) is 6.54 Å². The van der Waals surface area contributed by atoms with Gasteiger partial charge in [0.1, 0.15) is 0 Å². The molecule has 21 heavy (non-hydrogen) atoms. The van der Waals surface area contributed by atoms with E-state index in [9.17, 15) is 14.4 Å². The Morgan fingerprint density at radius 1 is 1.10 bits per heavy atom. The van der Waals surface area contributed by atoms with E-state index in [4.69, 9.17) is 11.6 Å². The Bertz CT molecular complexity index is 771. The Labute approximate surface area is 129 Å². The highest BCUT2D eigenvalue weighted by Gasteiger charge is 2.43. The quantitative estimate of drug-likeness (QED) is 0.645. The van der Waals surface area contributed by atoms with E-state index in [0.29, 0.717) is 9.90 Å². The maximum atomic E-state index is 12.1. The average molecular weight is 323 g/mol. The van der Waals surface area contributed by atoms with Crippen molar-refractivity contribution in [2.45, 2.75) is 13.5 Å². The minimum atomic E-state index is -0.796. The minimum absolute atomic E-state index is 0.0259. The van der Waals surface area contributed by atoms with Gasteiger partial charge in [-0.3, -0.25) is 19.4 Å². The lowest BCUT2D eigenvalue weighted by molar-refractivity contribution is -0.143. The van der Waals surface area contributed by atoms with Crippen molar-refractivity contribution >= 4 is 50.9 Å². The van der Waals surface area contributed by atoms with Gasteiger partial charge >= 0.3 is 17.8 Å². The number of carbonyl (C=O) groups excluding carboxylic acids is 3. The third-order valence-electron chi connectivity index (χ3n) is 3.35. The third-order valence-corrected chi connectivity index (χ3v) is 5.05. The summed E-state index contributed by atoms with van der Waals surface area (Å²) in [6.07, 6.45) is 0. The normalized spacial score (nSPS) is 15.6. The Hall–Kier alpha value is -1.92. The minimum Gasteiger partial charge on any atom is -0.263 e. The van der Waals surface area contributed by atoms with Crippen LogP contribution in [0.5, 0.6) is 0 Å². The Balaban J connectivity index is 1.95. The maximum absolute atomic E-state index is 12.1. The van der Waals surface area contributed by atoms with Crippen LogP contribution >= 0.6 is 22.9 Å². The molecule has 2 aromatic rings. The number of fused-ring (bicyclic) bond motifs is 1. The topological polar surface area (TPSA) is 57.7 Å². The van der Waals surface area contributed by atoms with Crippen molar-refractivity contribution in [1.82, 2.24) is 9.80 Å². The van der Waals surface area contributed by atoms with Crippen LogP contribution in [0, 0.1) is 0 Å². The van der Waals surface area contributed by atoms with Gasteiger partial charge in [-0.1, -0.05) is 29.8 Å². The monoisotopic (exact) mass is 322 g/mol. The fraction of sp³-hybridized carbons (Fsp3) is 0.214. The number of hydrogen-bond acceptors (Lipinski definition) is 4. The number of halogens is 1. The Morgan fingerprint density at radius 2 is 1.76 bits per heavy atom. The van der Waals surface area contributed by atoms with Gasteiger partial charge in [-0.25, -0.2) is 4.79 Å². The number of urea groups is 1. The lowest BCUT2D eigenvalue weighted by atomic mass is 10.2. The number of benzene rings is 1. The number of rotatable bonds is 3. The molecule has 0 saturated carbocycles. The van der Waals surface area contributed by atoms with E-state index in [-0.39, 0.29) is 13.1 Å². The predicted octanol–water partition coefficient (Wildman–Crippen LogP) is 2.87. The number of thiophene rings is 1. The molecule has 1 aromatic heterocycles. The highest BCUT2D eigenvalue weighted by Crippen LogP contribution is 2.36. The molecule has 1 fully saturated rings. The second-order valence-corrected chi connectivity index (χ2v) is 6.07. The standard InChI is InChI=1S/C14H11ClN2O3S/c1-2-16-12(18)13(19)17(14(16)20)7-10-11(15)8-5-3-4-6-9(8)21-10/h3-6H,2,7H2,1H3. The molecule has 0 unspecified atom stereocenters. The summed E-state index contributed by atoms with van der Waals surface area (Å²) in [5, 5.41) is 1.41. The summed E-state index contributed by atoms with van der Waals surface area (Å²) in [7, 11) is 0. The summed E-state index contributed by atoms with van der Waals surface area (Å²) in [6.45, 7) is 1.86. The van der Waals surface area contributed by atoms with Gasteiger partial charge in [0.05, 0.1) is 11.6 Å². The number of nitrogens with zero attached hydrogens (tertiary/aromatic N) is 2. The van der Waals surface area contributed by atoms with Gasteiger partial charge in [-0.15, -0.1) is 11.3 Å². The molecule has 4 amide bonds. The van der Waals surface area contributed by atoms with Gasteiger partial charge in [0.15, 0.2) is 0 Å². The highest BCUT2D eigenvalue weighted by molar-refractivity contribution is 7.19. The third kappa shape index (κ3) is 2.11. The SMILES string of the molecule is CCN1C(=O)C(=O)N(Cc2sc3ccccc3c2Cl)C1=O. The number of amides is 4. The first kappa shape index (κ1) is 14.0. The van der Waals surface area contributed by atoms with Crippen LogP contribution in [0.3, 0.4) is 0 Å². The zero-order chi connectivity index (χ0) is 15.1. The van der Waals surface area contributed by atoms with Gasteiger partial charge in [0, 0.05) is 21.5 Å². The molecule has 2 heterocycles. The molecule has 0 bridgehead atoms. The lowest BCUT2D eigenvalue weighted by Crippen LogP contribution is -2.32. The summed E-state index contributed by atoms with van der Waals surface area (Å²) in [6, 6.07) is 6.99. The highest BCUT2D eigenvalue weighted by atomic mass is 35.5. The fourth-order valence-corrected chi connectivity index (χ4v) is 3.76. The van der Waals surface area contributed by atoms with E-state index in [1.54, 1.807) is 6.92 Å². The molecule has 1 aliphatic heterocycles. The van der Waals surface area contributed by atoms with Gasteiger partial charge < -0.3 is 0 Å². The first-order valence-electron chi connectivity index (χ1n) is 6.37. The first-order valence-corrected chi connectivity index (χ1v) is 7.57. The molecule has 3 rings (SSSR count). The molecule has 0 aliphatic carbocycles. The summed E-state index contributed by atoms with van der Waals surface area (Å²) in [5.74, 6) is -1.57. The predicted molar refractivity (Wildman–Crippen MR) is 80.2 cm³/mol. The van der Waals surface area contributed by atoms with Gasteiger partial charge in [-0.05, 0) is 13.0 Å². The van der Waals surface area contributed by atoms with E-state index < -0.39 is 17.8 Å². The zero-order valence-electron chi connectivity index (χ0n) is 11.1. The van der Waals surface area contributed by atoms with Crippen LogP contribution < -0.4 is 0 Å². The van der Waals surface area contributed by atoms with Crippen molar-refractivity contribution in [2.24, 2.45) is 0 Å². The first-order chi connectivity index (χ1) is 10.0. The lowest BCUT2D eigenvalue weighted by Gasteiger charge is -2.13. The molecule has 1 aromatic carbocycles. The Morgan fingerprint density at radius 3 is 2.38 bits per heavy atom. The van der Waals surface area contributed by atoms with Crippen LogP contribution in [0.2, 0.25) is 5.02 Å². The summed E-state index contributed by atoms with van der Waals surface area (Å²) in [5.41, 5.74) is 0. The number of likely N-dealkylation sites (N-methyl/N-ethyl adjacent to an activating group) is 1. The number of carbonyl (C=O) groups is 3. The summed E-state index contributed by atoms with van der Waals surface area (Å²) in [4.78, 5) is 38.2. The van der Waals surface area contributed by atoms with E-state index in [1.807, 2.05) is 24.3 Å². The average Bonchev–Trinajstić information content (AvgIpc) is 2.90. The molecule has 7 heteroatoms. The van der Waals surface area contributed by atoms with Crippen LogP contribution in [-0.4, -0.2) is 34.2 Å². The van der Waals surface area contributed by atoms with Crippen LogP contribution in [0.15, 0.2) is 24.3 Å². The van der Waals surface area contributed by atoms with E-state index >= 15 is 0 Å². The van der Waals surface area contributed by atoms with Crippen molar-refractivity contribution in [3.63, 3.8) is 0 Å². The zero-order valence-corrected chi connectivity index (χ0v) is 12.7. The maximum Gasteiger partial charge on any atom is 0.334 e. The Kier molecular flexibility index (Phi) is 3.43. The van der Waals surface area contributed by atoms with Crippen LogP contribution in [0.4, 0.5) is 4.79 Å². The van der Waals surface area contributed by atoms with Gasteiger partial charge in [0.2, 0.25) is 0 Å². The molecule has 0 radical (unpaired) electrons. The van der Waals surface area contributed by atoms with E-state index in [1.165, 1.54) is 11.3 Å². The summed E-state index contributed by atoms with van der Waals surface area (Å²) < 4.78 is 0.982. The number of hydrogen-bond donors (Lipinski definition) is 0. The van der Waals surface area contributed by atoms with Crippen molar-refractivity contribution < 1.29 is 14.4 Å². The molecular formula is C14H11ClN2O3S. The molecule has 0 N–H and O–H groups in total. The van der Waals surface area contributed by atoms with Crippen molar-refractivity contribution in [3.05, 3.63) is 34.2 Å². The second-order valence-electron chi connectivity index (χ2n) is 4.56. The molecule has 1 saturated heterocycles. The van der Waals surface area contributed by atoms with Crippen LogP contribution in [-0.2, 0) is 16.1 Å². The van der Waals surface area contributed by atoms with E-state index in [0.717, 1.165) is 19.9 Å². The van der Waals surface area contributed by atoms with Crippen molar-refractivity contribution in [1.29, 1.82) is 0 Å². The molecule has 0 atom stereocenters. The largest absolute Gasteiger partial charge is 0.334 e. The van der Waals surface area contributed by atoms with Gasteiger partial charge in [0.25, 0.3) is 0 Å². The fourth-order valence-electron chi connectivity index (χ4n) is 2.28. The van der Waals surface area contributed by atoms with Crippen LogP contribution in [0.25, 0.3) is 10.1 Å². The smallest absolute Gasteiger partial charge is 0.263 e. The number of imide groups is 2. The molecule has 5 nitrogen and oxygen atoms in total. The molecule has 0 spiro atoms. The molecular weight excluding hydrogens is 312 g/mol. The van der Waals surface area contributed by atoms with E-state index in [2.05, 4.69) is 0 Å². The second kappa shape index (κ2) is 5.13. The molecule has 108 valence electrons. The van der Waals surface area contributed by atoms with Crippen molar-refractivity contribution in [3.8, 4) is 0 Å². The van der Waals surface area contributed by atoms with Gasteiger partial charge in [-0.2, -0.15) is 0 Å². The van der Waals surface area contributed by atoms with Crippen LogP contribution in [0.1, 0.15) is 11.8 Å². The summed E-state index contributed by atoms with van der Waals surface area (Å²) >= 11 is 7.72.